The number of aryl methyl sites for hydroxylation is 1. The Balaban J connectivity index is 1.31. The molecule has 0 aliphatic heterocycles. The summed E-state index contributed by atoms with van der Waals surface area (Å²) in [4.78, 5) is 21.2. The number of fused-ring (bicyclic) bond motifs is 1. The number of nitrogens with zero attached hydrogens (tertiary/aromatic N) is 6. The van der Waals surface area contributed by atoms with Gasteiger partial charge in [-0.15, -0.1) is 5.10 Å². The van der Waals surface area contributed by atoms with Crippen LogP contribution < -0.4 is 5.32 Å². The highest BCUT2D eigenvalue weighted by Gasteiger charge is 2.17. The van der Waals surface area contributed by atoms with Crippen molar-refractivity contribution in [3.63, 3.8) is 0 Å². The predicted octanol–water partition coefficient (Wildman–Crippen LogP) is 4.59. The number of pyridine rings is 1. The van der Waals surface area contributed by atoms with Crippen molar-refractivity contribution in [3.8, 4) is 11.3 Å². The largest absolute Gasteiger partial charge is 0.464 e. The molecule has 166 valence electrons. The summed E-state index contributed by atoms with van der Waals surface area (Å²) in [5, 5.41) is 13.4. The monoisotopic (exact) mass is 481 g/mol. The normalized spacial score (nSPS) is 11.2. The Bertz CT molecular complexity index is 1460. The predicted molar refractivity (Wildman–Crippen MR) is 124 cm³/mol. The fraction of sp³-hybridized carbons (Fsp3) is 0.136. The number of hydrogen-bond donors (Lipinski definition) is 1. The second-order valence-corrected chi connectivity index (χ2v) is 8.17. The van der Waals surface area contributed by atoms with E-state index in [4.69, 9.17) is 27.6 Å². The van der Waals surface area contributed by atoms with Gasteiger partial charge in [0, 0.05) is 21.8 Å². The number of nitrogens with one attached hydrogen (secondary N) is 1. The molecule has 9 nitrogen and oxygen atoms in total. The summed E-state index contributed by atoms with van der Waals surface area (Å²) < 4.78 is 8.66. The second-order valence-electron chi connectivity index (χ2n) is 7.33. The number of carbonyl (C=O) groups is 1. The van der Waals surface area contributed by atoms with Crippen molar-refractivity contribution in [3.05, 3.63) is 76.5 Å². The van der Waals surface area contributed by atoms with Crippen LogP contribution in [0.3, 0.4) is 0 Å². The van der Waals surface area contributed by atoms with Crippen molar-refractivity contribution in [1.29, 1.82) is 0 Å². The van der Waals surface area contributed by atoms with Gasteiger partial charge in [-0.05, 0) is 42.8 Å². The van der Waals surface area contributed by atoms with Crippen LogP contribution in [0.1, 0.15) is 11.3 Å². The van der Waals surface area contributed by atoms with Crippen molar-refractivity contribution in [1.82, 2.24) is 29.5 Å². The van der Waals surface area contributed by atoms with Gasteiger partial charge in [0.2, 0.25) is 11.9 Å². The maximum atomic E-state index is 12.7. The third-order valence-corrected chi connectivity index (χ3v) is 5.61. The molecule has 0 atom stereocenters. The van der Waals surface area contributed by atoms with Crippen molar-refractivity contribution in [2.24, 2.45) is 0 Å². The molecule has 1 aromatic carbocycles. The average molecular weight is 482 g/mol. The van der Waals surface area contributed by atoms with Gasteiger partial charge in [0.1, 0.15) is 18.6 Å². The quantitative estimate of drug-likeness (QED) is 0.380. The zero-order chi connectivity index (χ0) is 22.9. The molecule has 11 heteroatoms. The molecule has 4 aromatic heterocycles. The minimum absolute atomic E-state index is 0.0451. The highest BCUT2D eigenvalue weighted by Crippen LogP contribution is 2.30. The molecule has 33 heavy (non-hydrogen) atoms. The molecule has 5 rings (SSSR count). The lowest BCUT2D eigenvalue weighted by molar-refractivity contribution is -0.116. The summed E-state index contributed by atoms with van der Waals surface area (Å²) in [6.07, 6.45) is 4.80. The van der Waals surface area contributed by atoms with Gasteiger partial charge in [-0.1, -0.05) is 29.3 Å². The highest BCUT2D eigenvalue weighted by molar-refractivity contribution is 6.35. The smallest absolute Gasteiger partial charge is 0.248 e. The summed E-state index contributed by atoms with van der Waals surface area (Å²) in [7, 11) is 0. The van der Waals surface area contributed by atoms with E-state index in [9.17, 15) is 4.79 Å². The molecule has 1 amide bonds. The molecule has 0 saturated carbocycles. The van der Waals surface area contributed by atoms with E-state index in [0.29, 0.717) is 28.0 Å². The summed E-state index contributed by atoms with van der Waals surface area (Å²) in [6, 6.07) is 10.8. The Morgan fingerprint density at radius 3 is 2.82 bits per heavy atom. The molecule has 5 aromatic rings. The van der Waals surface area contributed by atoms with E-state index in [1.807, 2.05) is 31.2 Å². The van der Waals surface area contributed by atoms with Gasteiger partial charge in [0.05, 0.1) is 23.9 Å². The van der Waals surface area contributed by atoms with Crippen molar-refractivity contribution < 1.29 is 9.21 Å². The summed E-state index contributed by atoms with van der Waals surface area (Å²) >= 11 is 12.2. The molecule has 0 aliphatic rings. The maximum absolute atomic E-state index is 12.7. The van der Waals surface area contributed by atoms with Crippen LogP contribution in [0, 0.1) is 6.92 Å². The molecule has 0 radical (unpaired) electrons. The minimum Gasteiger partial charge on any atom is -0.464 e. The molecule has 0 unspecified atom stereocenters. The number of amides is 1. The van der Waals surface area contributed by atoms with E-state index >= 15 is 0 Å². The Kier molecular flexibility index (Phi) is 5.57. The van der Waals surface area contributed by atoms with Gasteiger partial charge in [0.15, 0.2) is 5.65 Å². The second kappa shape index (κ2) is 8.68. The lowest BCUT2D eigenvalue weighted by atomic mass is 10.1. The Morgan fingerprint density at radius 2 is 2.03 bits per heavy atom. The molecule has 0 aliphatic carbocycles. The minimum atomic E-state index is -0.327. The van der Waals surface area contributed by atoms with Gasteiger partial charge in [-0.3, -0.25) is 10.1 Å². The lowest BCUT2D eigenvalue weighted by Gasteiger charge is -2.05. The SMILES string of the molecule is Cc1nn(CC(=O)Nc2ncn(Cc3ccc(Cl)cc3Cl)n2)c2nccc(-c3ccco3)c12. The molecule has 0 bridgehead atoms. The van der Waals surface area contributed by atoms with Crippen LogP contribution in [-0.4, -0.2) is 35.4 Å². The average Bonchev–Trinajstić information content (AvgIpc) is 3.52. The number of anilines is 1. The zero-order valence-corrected chi connectivity index (χ0v) is 18.9. The standard InChI is InChI=1S/C22H17Cl2N7O2/c1-13-20-16(18-3-2-8-33-18)6-7-25-21(20)31(28-13)11-19(32)27-22-26-12-30(29-22)10-14-4-5-15(23)9-17(14)24/h2-9,12H,10-11H2,1H3,(H,27,29,32). The van der Waals surface area contributed by atoms with Crippen LogP contribution in [0.15, 0.2) is 59.6 Å². The van der Waals surface area contributed by atoms with E-state index in [1.165, 1.54) is 6.33 Å². The summed E-state index contributed by atoms with van der Waals surface area (Å²) in [6.45, 7) is 2.22. The first kappa shape index (κ1) is 21.2. The Labute approximate surface area is 198 Å². The first-order valence-electron chi connectivity index (χ1n) is 9.97. The Morgan fingerprint density at radius 1 is 1.15 bits per heavy atom. The molecule has 1 N–H and O–H groups in total. The lowest BCUT2D eigenvalue weighted by Crippen LogP contribution is -2.20. The summed E-state index contributed by atoms with van der Waals surface area (Å²) in [5.74, 6) is 0.569. The van der Waals surface area contributed by atoms with E-state index in [1.54, 1.807) is 34.0 Å². The van der Waals surface area contributed by atoms with Crippen molar-refractivity contribution in [2.45, 2.75) is 20.0 Å². The molecule has 0 saturated heterocycles. The van der Waals surface area contributed by atoms with Crippen molar-refractivity contribution in [2.75, 3.05) is 5.32 Å². The molecule has 0 fully saturated rings. The highest BCUT2D eigenvalue weighted by atomic mass is 35.5. The van der Waals surface area contributed by atoms with Crippen LogP contribution >= 0.6 is 23.2 Å². The molecule has 4 heterocycles. The van der Waals surface area contributed by atoms with Crippen LogP contribution in [0.4, 0.5) is 5.95 Å². The van der Waals surface area contributed by atoms with Crippen molar-refractivity contribution >= 4 is 46.1 Å². The molecule has 0 spiro atoms. The van der Waals surface area contributed by atoms with Gasteiger partial charge in [0.25, 0.3) is 0 Å². The van der Waals surface area contributed by atoms with E-state index in [-0.39, 0.29) is 18.4 Å². The van der Waals surface area contributed by atoms with Crippen LogP contribution in [0.5, 0.6) is 0 Å². The number of carbonyl (C=O) groups excluding carboxylic acids is 1. The molecular formula is C22H17Cl2N7O2. The first-order chi connectivity index (χ1) is 16.0. The zero-order valence-electron chi connectivity index (χ0n) is 17.4. The van der Waals surface area contributed by atoms with Gasteiger partial charge in [-0.25, -0.2) is 19.3 Å². The number of halogens is 2. The Hall–Kier alpha value is -3.69. The topological polar surface area (TPSA) is 104 Å². The van der Waals surface area contributed by atoms with E-state index < -0.39 is 0 Å². The number of benzene rings is 1. The number of rotatable bonds is 6. The third-order valence-electron chi connectivity index (χ3n) is 5.02. The van der Waals surface area contributed by atoms with Gasteiger partial charge in [-0.2, -0.15) is 5.10 Å². The van der Waals surface area contributed by atoms with E-state index in [0.717, 1.165) is 22.2 Å². The number of aromatic nitrogens is 6. The maximum Gasteiger partial charge on any atom is 0.248 e. The van der Waals surface area contributed by atoms with Gasteiger partial charge < -0.3 is 4.42 Å². The first-order valence-corrected chi connectivity index (χ1v) is 10.7. The van der Waals surface area contributed by atoms with Crippen LogP contribution in [0.2, 0.25) is 10.0 Å². The molecular weight excluding hydrogens is 465 g/mol. The van der Waals surface area contributed by atoms with Crippen LogP contribution in [-0.2, 0) is 17.9 Å². The van der Waals surface area contributed by atoms with E-state index in [2.05, 4.69) is 25.5 Å². The van der Waals surface area contributed by atoms with Gasteiger partial charge >= 0.3 is 0 Å². The third kappa shape index (κ3) is 4.33. The number of hydrogen-bond acceptors (Lipinski definition) is 6. The summed E-state index contributed by atoms with van der Waals surface area (Å²) in [5.41, 5.74) is 3.04. The fourth-order valence-corrected chi connectivity index (χ4v) is 4.05. The van der Waals surface area contributed by atoms with Crippen LogP contribution in [0.25, 0.3) is 22.4 Å². The number of furan rings is 1. The fourth-order valence-electron chi connectivity index (χ4n) is 3.58.